The van der Waals surface area contributed by atoms with E-state index < -0.39 is 50.1 Å². The molecule has 0 radical (unpaired) electrons. The number of benzene rings is 1. The van der Waals surface area contributed by atoms with Crippen molar-refractivity contribution in [2.75, 3.05) is 59.3 Å². The summed E-state index contributed by atoms with van der Waals surface area (Å²) in [7, 11) is 0. The van der Waals surface area contributed by atoms with Crippen LogP contribution in [0.1, 0.15) is 23.2 Å². The Morgan fingerprint density at radius 3 is 2.81 bits per heavy atom. The molecule has 2 aliphatic heterocycles. The van der Waals surface area contributed by atoms with Crippen molar-refractivity contribution >= 4 is 22.7 Å². The zero-order chi connectivity index (χ0) is 26.5. The van der Waals surface area contributed by atoms with Crippen molar-refractivity contribution in [1.29, 1.82) is 5.26 Å². The van der Waals surface area contributed by atoms with Crippen LogP contribution in [0.15, 0.2) is 30.5 Å². The number of nitriles is 1. The highest BCUT2D eigenvalue weighted by Crippen LogP contribution is 2.31. The number of ether oxygens (including phenoxy) is 2. The first-order valence-corrected chi connectivity index (χ1v) is 12.1. The molecule has 2 saturated heterocycles. The van der Waals surface area contributed by atoms with Crippen molar-refractivity contribution in [2.24, 2.45) is 0 Å². The number of fused-ring (bicyclic) bond motifs is 1. The molecule has 1 aromatic heterocycles. The second-order valence-electron chi connectivity index (χ2n) is 9.39. The van der Waals surface area contributed by atoms with E-state index in [1.165, 1.54) is 12.3 Å². The fourth-order valence-corrected chi connectivity index (χ4v) is 4.68. The minimum atomic E-state index is -3.13. The molecule has 1 aromatic carbocycles. The number of amides is 2. The summed E-state index contributed by atoms with van der Waals surface area (Å²) in [5.41, 5.74) is 0.771. The van der Waals surface area contributed by atoms with Gasteiger partial charge in [-0.2, -0.15) is 9.65 Å². The van der Waals surface area contributed by atoms with Gasteiger partial charge in [-0.05, 0) is 24.3 Å². The number of alkyl halides is 3. The molecule has 198 valence electrons. The van der Waals surface area contributed by atoms with E-state index in [2.05, 4.69) is 10.3 Å². The van der Waals surface area contributed by atoms with Gasteiger partial charge in [-0.15, -0.1) is 0 Å². The summed E-state index contributed by atoms with van der Waals surface area (Å²) in [6.45, 7) is 1.54. The largest absolute Gasteiger partial charge is 0.493 e. The SMILES string of the molecule is N#CC1CC(F)(F)CN1C(=O)CNC(=O)c1ccnc2ccc(OCCC[N+]3(CF)CCOCC3)cc12. The standard InChI is InChI=1S/C25H28F3N5O4/c26-17-33(7-10-36-11-8-33)6-1-9-37-19-2-3-22-21(12-19)20(4-5-30-22)24(35)31-15-23(34)32-16-25(27,28)13-18(32)14-29/h2-5,12,18H,1,6-11,13,15-17H2/p+1. The Morgan fingerprint density at radius 1 is 1.30 bits per heavy atom. The molecule has 2 amide bonds. The Balaban J connectivity index is 1.37. The van der Waals surface area contributed by atoms with E-state index in [0.29, 0.717) is 67.0 Å². The fraction of sp³-hybridized carbons (Fsp3) is 0.520. The Hall–Kier alpha value is -3.43. The lowest BCUT2D eigenvalue weighted by Gasteiger charge is -2.38. The first-order valence-electron chi connectivity index (χ1n) is 12.1. The maximum absolute atomic E-state index is 13.6. The maximum Gasteiger partial charge on any atom is 0.268 e. The van der Waals surface area contributed by atoms with Gasteiger partial charge in [-0.3, -0.25) is 19.1 Å². The third-order valence-corrected chi connectivity index (χ3v) is 6.82. The summed E-state index contributed by atoms with van der Waals surface area (Å²) in [5, 5.41) is 12.0. The van der Waals surface area contributed by atoms with E-state index >= 15 is 0 Å². The van der Waals surface area contributed by atoms with E-state index in [9.17, 15) is 22.8 Å². The van der Waals surface area contributed by atoms with Crippen LogP contribution < -0.4 is 10.1 Å². The molecule has 1 atom stereocenters. The molecule has 0 spiro atoms. The Bertz CT molecular complexity index is 1180. The lowest BCUT2D eigenvalue weighted by atomic mass is 10.1. The number of morpholine rings is 1. The summed E-state index contributed by atoms with van der Waals surface area (Å²) in [6, 6.07) is 7.06. The molecule has 4 rings (SSSR count). The van der Waals surface area contributed by atoms with Crippen LogP contribution in [0.25, 0.3) is 10.9 Å². The molecule has 2 fully saturated rings. The van der Waals surface area contributed by atoms with Crippen molar-refractivity contribution in [3.05, 3.63) is 36.0 Å². The summed E-state index contributed by atoms with van der Waals surface area (Å²) in [6.07, 6.45) is 1.38. The van der Waals surface area contributed by atoms with Crippen LogP contribution in [0.2, 0.25) is 0 Å². The predicted octanol–water partition coefficient (Wildman–Crippen LogP) is 2.27. The van der Waals surface area contributed by atoms with Crippen molar-refractivity contribution in [2.45, 2.75) is 24.8 Å². The second-order valence-corrected chi connectivity index (χ2v) is 9.39. The molecule has 0 bridgehead atoms. The Morgan fingerprint density at radius 2 is 2.08 bits per heavy atom. The monoisotopic (exact) mass is 520 g/mol. The number of halogens is 3. The van der Waals surface area contributed by atoms with Crippen molar-refractivity contribution in [3.8, 4) is 11.8 Å². The summed E-state index contributed by atoms with van der Waals surface area (Å²) >= 11 is 0. The summed E-state index contributed by atoms with van der Waals surface area (Å²) < 4.78 is 52.4. The van der Waals surface area contributed by atoms with Crippen LogP contribution in [0.4, 0.5) is 13.2 Å². The van der Waals surface area contributed by atoms with Crippen molar-refractivity contribution in [1.82, 2.24) is 15.2 Å². The quantitative estimate of drug-likeness (QED) is 0.309. The van der Waals surface area contributed by atoms with Gasteiger partial charge in [0, 0.05) is 24.4 Å². The molecular formula is C25H29F3N5O4+. The average Bonchev–Trinajstić information content (AvgIpc) is 3.24. The van der Waals surface area contributed by atoms with Crippen LogP contribution in [-0.4, -0.2) is 97.5 Å². The average molecular weight is 521 g/mol. The van der Waals surface area contributed by atoms with Crippen LogP contribution in [0.3, 0.4) is 0 Å². The van der Waals surface area contributed by atoms with E-state index in [-0.39, 0.29) is 5.56 Å². The van der Waals surface area contributed by atoms with Gasteiger partial charge >= 0.3 is 0 Å². The highest BCUT2D eigenvalue weighted by Gasteiger charge is 2.47. The summed E-state index contributed by atoms with van der Waals surface area (Å²) in [4.78, 5) is 30.3. The maximum atomic E-state index is 13.6. The topological polar surface area (TPSA) is 105 Å². The fourth-order valence-electron chi connectivity index (χ4n) is 4.68. The van der Waals surface area contributed by atoms with Gasteiger partial charge in [-0.25, -0.2) is 8.78 Å². The van der Waals surface area contributed by atoms with E-state index in [1.54, 1.807) is 24.3 Å². The number of quaternary nitrogens is 1. The van der Waals surface area contributed by atoms with Gasteiger partial charge in [0.25, 0.3) is 11.8 Å². The normalized spacial score (nSPS) is 20.4. The number of carbonyl (C=O) groups excluding carboxylic acids is 2. The number of hydrogen-bond donors (Lipinski definition) is 1. The third-order valence-electron chi connectivity index (χ3n) is 6.82. The van der Waals surface area contributed by atoms with Gasteiger partial charge in [0.15, 0.2) is 0 Å². The van der Waals surface area contributed by atoms with Gasteiger partial charge in [0.1, 0.15) is 24.9 Å². The molecule has 37 heavy (non-hydrogen) atoms. The lowest BCUT2D eigenvalue weighted by molar-refractivity contribution is -0.946. The molecule has 0 aliphatic carbocycles. The first-order chi connectivity index (χ1) is 17.8. The Kier molecular flexibility index (Phi) is 8.14. The zero-order valence-corrected chi connectivity index (χ0v) is 20.3. The number of nitrogens with zero attached hydrogens (tertiary/aromatic N) is 4. The highest BCUT2D eigenvalue weighted by molar-refractivity contribution is 6.07. The van der Waals surface area contributed by atoms with Gasteiger partial charge < -0.3 is 19.7 Å². The minimum absolute atomic E-state index is 0.238. The van der Waals surface area contributed by atoms with E-state index in [1.807, 2.05) is 0 Å². The number of likely N-dealkylation sites (tertiary alicyclic amines) is 1. The molecule has 12 heteroatoms. The molecule has 1 N–H and O–H groups in total. The molecule has 0 saturated carbocycles. The zero-order valence-electron chi connectivity index (χ0n) is 20.3. The van der Waals surface area contributed by atoms with Crippen LogP contribution in [0, 0.1) is 11.3 Å². The highest BCUT2D eigenvalue weighted by atomic mass is 19.3. The third kappa shape index (κ3) is 6.29. The molecular weight excluding hydrogens is 491 g/mol. The predicted molar refractivity (Wildman–Crippen MR) is 127 cm³/mol. The number of carbonyl (C=O) groups is 2. The number of pyridine rings is 1. The molecule has 2 aromatic rings. The van der Waals surface area contributed by atoms with Gasteiger partial charge in [0.2, 0.25) is 12.7 Å². The molecule has 9 nitrogen and oxygen atoms in total. The Labute approximate surface area is 212 Å². The molecule has 2 aliphatic rings. The van der Waals surface area contributed by atoms with Gasteiger partial charge in [-0.1, -0.05) is 0 Å². The van der Waals surface area contributed by atoms with Gasteiger partial charge in [0.05, 0.1) is 56.6 Å². The smallest absolute Gasteiger partial charge is 0.268 e. The first kappa shape index (κ1) is 26.6. The second kappa shape index (κ2) is 11.3. The van der Waals surface area contributed by atoms with E-state index in [0.717, 1.165) is 4.90 Å². The van der Waals surface area contributed by atoms with Crippen LogP contribution in [-0.2, 0) is 9.53 Å². The molecule has 1 unspecified atom stereocenters. The van der Waals surface area contributed by atoms with E-state index in [4.69, 9.17) is 14.7 Å². The number of rotatable bonds is 9. The lowest BCUT2D eigenvalue weighted by Crippen LogP contribution is -2.55. The van der Waals surface area contributed by atoms with Crippen molar-refractivity contribution < 1.29 is 36.7 Å². The summed E-state index contributed by atoms with van der Waals surface area (Å²) in [5.74, 6) is -3.96. The number of hydrogen-bond acceptors (Lipinski definition) is 6. The van der Waals surface area contributed by atoms with Crippen LogP contribution in [0.5, 0.6) is 5.75 Å². The van der Waals surface area contributed by atoms with Crippen molar-refractivity contribution in [3.63, 3.8) is 0 Å². The number of nitrogens with one attached hydrogen (secondary N) is 1. The minimum Gasteiger partial charge on any atom is -0.493 e. The number of aromatic nitrogens is 1. The van der Waals surface area contributed by atoms with Crippen LogP contribution >= 0.6 is 0 Å². The molecule has 3 heterocycles.